The summed E-state index contributed by atoms with van der Waals surface area (Å²) in [6, 6.07) is 27.2. The van der Waals surface area contributed by atoms with Gasteiger partial charge in [0, 0.05) is 17.9 Å². The van der Waals surface area contributed by atoms with Gasteiger partial charge in [0.2, 0.25) is 11.8 Å². The summed E-state index contributed by atoms with van der Waals surface area (Å²) < 4.78 is 15.8. The van der Waals surface area contributed by atoms with Crippen molar-refractivity contribution in [1.82, 2.24) is 0 Å². The Balaban J connectivity index is 1.15. The van der Waals surface area contributed by atoms with E-state index in [1.165, 1.54) is 20.3 Å². The minimum Gasteiger partial charge on any atom is -0.497 e. The molecule has 2 atom stereocenters. The third-order valence-corrected chi connectivity index (χ3v) is 8.83. The fraction of sp³-hybridized carbons (Fsp3) is 0.200. The zero-order chi connectivity index (χ0) is 30.5. The molecule has 3 aliphatic carbocycles. The third kappa shape index (κ3) is 4.15. The molecule has 4 aromatic carbocycles. The first-order valence-corrected chi connectivity index (χ1v) is 14.3. The zero-order valence-electron chi connectivity index (χ0n) is 24.0. The van der Waals surface area contributed by atoms with E-state index >= 15 is 0 Å². The van der Waals surface area contributed by atoms with Crippen molar-refractivity contribution in [2.45, 2.75) is 11.8 Å². The average molecular weight is 589 g/mol. The summed E-state index contributed by atoms with van der Waals surface area (Å²) in [7, 11) is 2.98. The number of nitrogens with zero attached hydrogens (tertiary/aromatic N) is 1. The highest BCUT2D eigenvalue weighted by Gasteiger charge is 2.62. The second kappa shape index (κ2) is 10.7. The number of benzene rings is 4. The largest absolute Gasteiger partial charge is 0.497 e. The van der Waals surface area contributed by atoms with Gasteiger partial charge >= 0.3 is 5.97 Å². The van der Waals surface area contributed by atoms with E-state index in [-0.39, 0.29) is 34.9 Å². The first kappa shape index (κ1) is 27.4. The van der Waals surface area contributed by atoms with Crippen molar-refractivity contribution in [3.8, 4) is 11.5 Å². The molecule has 1 N–H and O–H groups in total. The Morgan fingerprint density at radius 3 is 1.82 bits per heavy atom. The summed E-state index contributed by atoms with van der Waals surface area (Å²) in [4.78, 5) is 55.5. The maximum atomic E-state index is 14.2. The molecule has 4 aromatic rings. The molecule has 1 heterocycles. The minimum atomic E-state index is -0.831. The molecule has 9 heteroatoms. The number of rotatable bonds is 7. The van der Waals surface area contributed by atoms with Gasteiger partial charge < -0.3 is 19.5 Å². The van der Waals surface area contributed by atoms with E-state index in [4.69, 9.17) is 14.2 Å². The Labute approximate surface area is 253 Å². The summed E-state index contributed by atoms with van der Waals surface area (Å²) in [6.07, 6.45) is 0. The van der Waals surface area contributed by atoms with Gasteiger partial charge in [-0.25, -0.2) is 9.69 Å². The summed E-state index contributed by atoms with van der Waals surface area (Å²) in [5, 5.41) is 2.66. The number of anilines is 2. The normalized spacial score (nSPS) is 20.8. The Morgan fingerprint density at radius 1 is 0.727 bits per heavy atom. The quantitative estimate of drug-likeness (QED) is 0.242. The van der Waals surface area contributed by atoms with Crippen molar-refractivity contribution < 1.29 is 33.4 Å². The molecule has 0 aromatic heterocycles. The van der Waals surface area contributed by atoms with Crippen molar-refractivity contribution >= 4 is 35.1 Å². The van der Waals surface area contributed by atoms with Crippen LogP contribution in [0.4, 0.5) is 11.4 Å². The van der Waals surface area contributed by atoms with Crippen molar-refractivity contribution in [3.63, 3.8) is 0 Å². The van der Waals surface area contributed by atoms with Crippen LogP contribution >= 0.6 is 0 Å². The van der Waals surface area contributed by atoms with Crippen molar-refractivity contribution in [2.75, 3.05) is 31.0 Å². The van der Waals surface area contributed by atoms with Gasteiger partial charge in [-0.05, 0) is 46.5 Å². The van der Waals surface area contributed by atoms with Gasteiger partial charge in [0.25, 0.3) is 5.91 Å². The van der Waals surface area contributed by atoms with Crippen molar-refractivity contribution in [1.29, 1.82) is 0 Å². The standard InChI is InChI=1S/C35H28N2O7/c1-42-19-15-16-25(27(17-19)43-2)36-28(38)18-44-35(41)24-13-7-8-14-26(24)37-33(39)31-29-20-9-3-4-10-21(20)30(32(31)34(37)40)23-12-6-5-11-22(23)29/h3-17,29-32H,18H2,1-2H3,(H,36,38)/t29?,30?,31-,32+. The van der Waals surface area contributed by atoms with Crippen molar-refractivity contribution in [2.24, 2.45) is 11.8 Å². The summed E-state index contributed by atoms with van der Waals surface area (Å²) in [6.45, 7) is -0.593. The van der Waals surface area contributed by atoms with Gasteiger partial charge in [0.15, 0.2) is 6.61 Å². The first-order valence-electron chi connectivity index (χ1n) is 14.3. The Bertz CT molecular complexity index is 1740. The third-order valence-electron chi connectivity index (χ3n) is 8.83. The predicted octanol–water partition coefficient (Wildman–Crippen LogP) is 4.90. The number of amides is 3. The molecule has 4 aliphatic rings. The van der Waals surface area contributed by atoms with Crippen LogP contribution in [-0.2, 0) is 19.1 Å². The van der Waals surface area contributed by atoms with Gasteiger partial charge in [0.1, 0.15) is 11.5 Å². The van der Waals surface area contributed by atoms with E-state index in [2.05, 4.69) is 5.32 Å². The first-order chi connectivity index (χ1) is 21.4. The van der Waals surface area contributed by atoms with Crippen LogP contribution in [0.25, 0.3) is 0 Å². The van der Waals surface area contributed by atoms with Crippen LogP contribution in [0.5, 0.6) is 11.5 Å². The lowest BCUT2D eigenvalue weighted by molar-refractivity contribution is -0.122. The molecule has 8 rings (SSSR count). The van der Waals surface area contributed by atoms with Crippen molar-refractivity contribution in [3.05, 3.63) is 119 Å². The van der Waals surface area contributed by atoms with E-state index in [1.807, 2.05) is 48.5 Å². The number of esters is 1. The predicted molar refractivity (Wildman–Crippen MR) is 161 cm³/mol. The monoisotopic (exact) mass is 588 g/mol. The lowest BCUT2D eigenvalue weighted by Gasteiger charge is -2.45. The number of carbonyl (C=O) groups is 4. The highest BCUT2D eigenvalue weighted by Crippen LogP contribution is 2.61. The highest BCUT2D eigenvalue weighted by atomic mass is 16.5. The lowest BCUT2D eigenvalue weighted by Crippen LogP contribution is -2.41. The molecule has 0 spiro atoms. The maximum Gasteiger partial charge on any atom is 0.340 e. The second-order valence-electron chi connectivity index (χ2n) is 11.0. The second-order valence-corrected chi connectivity index (χ2v) is 11.0. The number of ether oxygens (including phenoxy) is 3. The van der Waals surface area contributed by atoms with Gasteiger partial charge in [0.05, 0.1) is 43.0 Å². The lowest BCUT2D eigenvalue weighted by atomic mass is 9.55. The van der Waals surface area contributed by atoms with E-state index < -0.39 is 30.3 Å². The van der Waals surface area contributed by atoms with Gasteiger partial charge in [-0.2, -0.15) is 0 Å². The summed E-state index contributed by atoms with van der Waals surface area (Å²) in [5.41, 5.74) is 4.79. The van der Waals surface area contributed by atoms with Crippen LogP contribution in [0.2, 0.25) is 0 Å². The Hall–Kier alpha value is -5.44. The maximum absolute atomic E-state index is 14.2. The van der Waals surface area contributed by atoms with Gasteiger partial charge in [-0.3, -0.25) is 14.4 Å². The summed E-state index contributed by atoms with van der Waals surface area (Å²) in [5.74, 6) is -2.90. The van der Waals surface area contributed by atoms with Crippen LogP contribution in [0.15, 0.2) is 91.0 Å². The molecule has 0 radical (unpaired) electrons. The number of imide groups is 1. The number of hydrogen-bond acceptors (Lipinski definition) is 7. The van der Waals surface area contributed by atoms with Crippen LogP contribution in [0.1, 0.15) is 44.4 Å². The Kier molecular flexibility index (Phi) is 6.65. The van der Waals surface area contributed by atoms with Crippen LogP contribution in [0, 0.1) is 11.8 Å². The number of nitrogens with one attached hydrogen (secondary N) is 1. The van der Waals surface area contributed by atoms with Crippen LogP contribution in [-0.4, -0.2) is 44.5 Å². The molecule has 3 amide bonds. The van der Waals surface area contributed by atoms with Crippen LogP contribution < -0.4 is 19.7 Å². The van der Waals surface area contributed by atoms with E-state index in [1.54, 1.807) is 36.4 Å². The molecule has 9 nitrogen and oxygen atoms in total. The number of hydrogen-bond donors (Lipinski definition) is 1. The van der Waals surface area contributed by atoms with Crippen LogP contribution in [0.3, 0.4) is 0 Å². The molecular formula is C35H28N2O7. The topological polar surface area (TPSA) is 111 Å². The SMILES string of the molecule is COc1ccc(NC(=O)COC(=O)c2ccccc2N2C(=O)[C@@H]3C4c5ccccc5C(c5ccccc54)[C@@H]3C2=O)c(OC)c1. The molecular weight excluding hydrogens is 560 g/mol. The number of methoxy groups -OCH3 is 2. The van der Waals surface area contributed by atoms with Gasteiger partial charge in [-0.1, -0.05) is 60.7 Å². The van der Waals surface area contributed by atoms with E-state index in [9.17, 15) is 19.2 Å². The summed E-state index contributed by atoms with van der Waals surface area (Å²) >= 11 is 0. The smallest absolute Gasteiger partial charge is 0.340 e. The molecule has 44 heavy (non-hydrogen) atoms. The Morgan fingerprint density at radius 2 is 1.27 bits per heavy atom. The highest BCUT2D eigenvalue weighted by molar-refractivity contribution is 6.25. The molecule has 1 fully saturated rings. The van der Waals surface area contributed by atoms with Gasteiger partial charge in [-0.15, -0.1) is 0 Å². The average Bonchev–Trinajstić information content (AvgIpc) is 3.33. The fourth-order valence-electron chi connectivity index (χ4n) is 7.05. The molecule has 1 aliphatic heterocycles. The molecule has 1 saturated heterocycles. The van der Waals surface area contributed by atoms with E-state index in [0.29, 0.717) is 17.2 Å². The molecule has 0 saturated carbocycles. The number of carbonyl (C=O) groups excluding carboxylic acids is 4. The molecule has 220 valence electrons. The zero-order valence-corrected chi connectivity index (χ0v) is 24.0. The van der Waals surface area contributed by atoms with E-state index in [0.717, 1.165) is 27.2 Å². The molecule has 2 bridgehead atoms. The fourth-order valence-corrected chi connectivity index (χ4v) is 7.05. The number of para-hydroxylation sites is 1. The minimum absolute atomic E-state index is 0.0186. The molecule has 0 unspecified atom stereocenters.